The number of carbonyl (C=O) groups excluding carboxylic acids is 2. The first-order valence-electron chi connectivity index (χ1n) is 12.1. The number of hydrogen-bond donors (Lipinski definition) is 7. The van der Waals surface area contributed by atoms with Gasteiger partial charge in [-0.2, -0.15) is 0 Å². The van der Waals surface area contributed by atoms with Gasteiger partial charge in [-0.05, 0) is 68.7 Å². The number of carboxylic acid groups (broad SMARTS) is 2. The zero-order valence-electron chi connectivity index (χ0n) is 23.4. The average molecular weight is 586 g/mol. The highest BCUT2D eigenvalue weighted by molar-refractivity contribution is 6.00. The van der Waals surface area contributed by atoms with Crippen LogP contribution in [0, 0.1) is 20.8 Å². The number of aromatic carboxylic acids is 1. The van der Waals surface area contributed by atoms with Crippen molar-refractivity contribution in [3.05, 3.63) is 69.3 Å². The molecule has 0 spiro atoms. The van der Waals surface area contributed by atoms with Gasteiger partial charge in [0, 0.05) is 12.0 Å². The normalized spacial score (nSPS) is 11.9. The lowest BCUT2D eigenvalue weighted by Crippen LogP contribution is -2.46. The second-order valence-corrected chi connectivity index (χ2v) is 9.61. The number of phenols is 4. The smallest absolute Gasteiger partial charge is 0.347 e. The predicted molar refractivity (Wildman–Crippen MR) is 148 cm³/mol. The van der Waals surface area contributed by atoms with Crippen LogP contribution in [0.15, 0.2) is 30.3 Å². The second kappa shape index (κ2) is 12.9. The fourth-order valence-electron chi connectivity index (χ4n) is 3.89. The Kier molecular flexibility index (Phi) is 10.1. The number of carboxylic acids is 2. The Morgan fingerprint density at radius 2 is 1.48 bits per heavy atom. The molecule has 13 heteroatoms. The molecule has 1 unspecified atom stereocenters. The number of ether oxygens (including phenoxy) is 2. The molecule has 3 aromatic carbocycles. The van der Waals surface area contributed by atoms with E-state index in [0.29, 0.717) is 17.4 Å². The summed E-state index contributed by atoms with van der Waals surface area (Å²) >= 11 is 0. The van der Waals surface area contributed by atoms with E-state index in [0.717, 1.165) is 0 Å². The standard InChI is InChI=1S/C19H18O8.C10H13NO4/c1-8-5-13(26-4)11(7-20)17(22)14(8)19(25)27-12-6-9(2)16(21)15(10(12)3)18(23)24;1-10(11,9(14)15)5-6-2-3-7(12)8(13)4-6/h5-7,21-22H,1-4H3,(H,23,24);2-4,12-13H,5,11H2,1H3,(H,14,15). The quantitative estimate of drug-likeness (QED) is 0.0871. The molecule has 3 rings (SSSR count). The van der Waals surface area contributed by atoms with Crippen LogP contribution in [0.3, 0.4) is 0 Å². The molecule has 8 N–H and O–H groups in total. The minimum atomic E-state index is -1.39. The minimum absolute atomic E-state index is 0.0419. The van der Waals surface area contributed by atoms with Gasteiger partial charge in [-0.1, -0.05) is 6.07 Å². The Balaban J connectivity index is 0.000000347. The molecule has 0 saturated carbocycles. The summed E-state index contributed by atoms with van der Waals surface area (Å²) in [4.78, 5) is 45.9. The second-order valence-electron chi connectivity index (χ2n) is 9.61. The van der Waals surface area contributed by atoms with E-state index in [1.165, 1.54) is 65.1 Å². The lowest BCUT2D eigenvalue weighted by Gasteiger charge is -2.19. The molecule has 0 aliphatic carbocycles. The summed E-state index contributed by atoms with van der Waals surface area (Å²) in [7, 11) is 1.31. The largest absolute Gasteiger partial charge is 0.507 e. The van der Waals surface area contributed by atoms with Gasteiger partial charge in [-0.15, -0.1) is 0 Å². The van der Waals surface area contributed by atoms with Crippen LogP contribution in [0.5, 0.6) is 34.5 Å². The van der Waals surface area contributed by atoms with E-state index in [9.17, 15) is 39.6 Å². The summed E-state index contributed by atoms with van der Waals surface area (Å²) in [6.07, 6.45) is 0.430. The van der Waals surface area contributed by atoms with E-state index in [2.05, 4.69) is 0 Å². The van der Waals surface area contributed by atoms with Crippen LogP contribution in [-0.4, -0.2) is 67.5 Å². The molecule has 13 nitrogen and oxygen atoms in total. The average Bonchev–Trinajstić information content (AvgIpc) is 2.89. The summed E-state index contributed by atoms with van der Waals surface area (Å²) < 4.78 is 10.3. The van der Waals surface area contributed by atoms with Gasteiger partial charge < -0.3 is 45.8 Å². The predicted octanol–water partition coefficient (Wildman–Crippen LogP) is 3.20. The summed E-state index contributed by atoms with van der Waals surface area (Å²) in [5.74, 6) is -5.02. The van der Waals surface area contributed by atoms with Gasteiger partial charge in [0.1, 0.15) is 39.7 Å². The third-order valence-electron chi connectivity index (χ3n) is 6.26. The molecule has 224 valence electrons. The first-order valence-corrected chi connectivity index (χ1v) is 12.1. The number of nitrogens with two attached hydrogens (primary N) is 1. The Morgan fingerprint density at radius 1 is 0.881 bits per heavy atom. The maximum Gasteiger partial charge on any atom is 0.347 e. The van der Waals surface area contributed by atoms with Crippen molar-refractivity contribution in [3.8, 4) is 34.5 Å². The third kappa shape index (κ3) is 7.06. The maximum absolute atomic E-state index is 12.6. The van der Waals surface area contributed by atoms with Crippen LogP contribution in [-0.2, 0) is 11.2 Å². The highest BCUT2D eigenvalue weighted by atomic mass is 16.5. The zero-order valence-corrected chi connectivity index (χ0v) is 23.4. The first kappa shape index (κ1) is 32.9. The molecule has 0 heterocycles. The molecule has 0 aliphatic heterocycles. The molecule has 0 bridgehead atoms. The van der Waals surface area contributed by atoms with Crippen molar-refractivity contribution < 1.29 is 59.3 Å². The van der Waals surface area contributed by atoms with Crippen LogP contribution < -0.4 is 15.2 Å². The third-order valence-corrected chi connectivity index (χ3v) is 6.26. The molecule has 42 heavy (non-hydrogen) atoms. The summed E-state index contributed by atoms with van der Waals surface area (Å²) in [5, 5.41) is 56.5. The summed E-state index contributed by atoms with van der Waals surface area (Å²) in [6, 6.07) is 6.82. The van der Waals surface area contributed by atoms with E-state index >= 15 is 0 Å². The van der Waals surface area contributed by atoms with Gasteiger partial charge in [0.15, 0.2) is 17.8 Å². The lowest BCUT2D eigenvalue weighted by atomic mass is 9.94. The Morgan fingerprint density at radius 3 is 1.98 bits per heavy atom. The van der Waals surface area contributed by atoms with E-state index in [1.54, 1.807) is 0 Å². The summed E-state index contributed by atoms with van der Waals surface area (Å²) in [5.41, 5.74) is 4.40. The number of aromatic hydroxyl groups is 4. The van der Waals surface area contributed by atoms with Crippen LogP contribution >= 0.6 is 0 Å². The molecular weight excluding hydrogens is 554 g/mol. The number of methoxy groups -OCH3 is 1. The van der Waals surface area contributed by atoms with E-state index in [-0.39, 0.29) is 57.2 Å². The highest BCUT2D eigenvalue weighted by Crippen LogP contribution is 2.36. The number of benzene rings is 3. The number of aldehydes is 1. The van der Waals surface area contributed by atoms with Gasteiger partial charge in [0.25, 0.3) is 0 Å². The molecule has 0 aromatic heterocycles. The van der Waals surface area contributed by atoms with Crippen molar-refractivity contribution in [1.82, 2.24) is 0 Å². The fourth-order valence-corrected chi connectivity index (χ4v) is 3.89. The molecule has 0 radical (unpaired) electrons. The van der Waals surface area contributed by atoms with E-state index < -0.39 is 34.9 Å². The zero-order chi connectivity index (χ0) is 32.1. The minimum Gasteiger partial charge on any atom is -0.507 e. The van der Waals surface area contributed by atoms with Crippen LogP contribution in [0.25, 0.3) is 0 Å². The topological polar surface area (TPSA) is 234 Å². The maximum atomic E-state index is 12.6. The van der Waals surface area contributed by atoms with Gasteiger partial charge >= 0.3 is 17.9 Å². The Bertz CT molecular complexity index is 1560. The summed E-state index contributed by atoms with van der Waals surface area (Å²) in [6.45, 7) is 5.74. The number of aliphatic carboxylic acids is 1. The Labute approximate surface area is 240 Å². The fraction of sp³-hybridized carbons (Fsp3) is 0.241. The van der Waals surface area contributed by atoms with E-state index in [1.807, 2.05) is 0 Å². The monoisotopic (exact) mass is 585 g/mol. The van der Waals surface area contributed by atoms with Crippen LogP contribution in [0.4, 0.5) is 0 Å². The van der Waals surface area contributed by atoms with E-state index in [4.69, 9.17) is 25.4 Å². The van der Waals surface area contributed by atoms with Crippen molar-refractivity contribution in [2.75, 3.05) is 7.11 Å². The number of esters is 1. The van der Waals surface area contributed by atoms with Gasteiger partial charge in [0.2, 0.25) is 0 Å². The van der Waals surface area contributed by atoms with Gasteiger partial charge in [0.05, 0.1) is 12.7 Å². The molecular formula is C29H31NO12. The molecule has 3 aromatic rings. The van der Waals surface area contributed by atoms with Crippen molar-refractivity contribution >= 4 is 24.2 Å². The molecule has 0 saturated heterocycles. The van der Waals surface area contributed by atoms with Gasteiger partial charge in [-0.25, -0.2) is 9.59 Å². The molecule has 0 amide bonds. The van der Waals surface area contributed by atoms with Crippen molar-refractivity contribution in [2.24, 2.45) is 5.73 Å². The molecule has 0 aliphatic rings. The number of carbonyl (C=O) groups is 4. The lowest BCUT2D eigenvalue weighted by molar-refractivity contribution is -0.142. The number of rotatable bonds is 8. The number of aryl methyl sites for hydroxylation is 2. The SMILES string of the molecule is CC(N)(Cc1ccc(O)c(O)c1)C(=O)O.COc1cc(C)c(C(=O)Oc2cc(C)c(O)c(C(=O)O)c2C)c(O)c1C=O. The van der Waals surface area contributed by atoms with Crippen molar-refractivity contribution in [2.45, 2.75) is 39.7 Å². The molecule has 1 atom stereocenters. The number of hydrogen-bond acceptors (Lipinski definition) is 11. The highest BCUT2D eigenvalue weighted by Gasteiger charge is 2.28. The van der Waals surface area contributed by atoms with Crippen molar-refractivity contribution in [1.29, 1.82) is 0 Å². The van der Waals surface area contributed by atoms with Crippen LogP contribution in [0.1, 0.15) is 60.3 Å². The van der Waals surface area contributed by atoms with Crippen molar-refractivity contribution in [3.63, 3.8) is 0 Å². The van der Waals surface area contributed by atoms with Crippen LogP contribution in [0.2, 0.25) is 0 Å². The Hall–Kier alpha value is -5.30. The first-order chi connectivity index (χ1) is 19.5. The van der Waals surface area contributed by atoms with Gasteiger partial charge in [-0.3, -0.25) is 9.59 Å². The molecule has 0 fully saturated rings. The number of phenolic OH excluding ortho intramolecular Hbond substituents is 3.